The van der Waals surface area contributed by atoms with E-state index in [9.17, 15) is 0 Å². The fourth-order valence-electron chi connectivity index (χ4n) is 4.20. The molecule has 2 heterocycles. The minimum Gasteiger partial charge on any atom is -0.361 e. The summed E-state index contributed by atoms with van der Waals surface area (Å²) in [6.07, 6.45) is 5.71. The van der Waals surface area contributed by atoms with E-state index >= 15 is 0 Å². The van der Waals surface area contributed by atoms with Gasteiger partial charge in [-0.3, -0.25) is 4.99 Å². The van der Waals surface area contributed by atoms with Gasteiger partial charge in [0.2, 0.25) is 0 Å². The van der Waals surface area contributed by atoms with E-state index in [2.05, 4.69) is 71.8 Å². The summed E-state index contributed by atoms with van der Waals surface area (Å²) in [5.41, 5.74) is 2.57. The number of aliphatic imine (C=N–C) groups is 1. The third-order valence-corrected chi connectivity index (χ3v) is 5.44. The highest BCUT2D eigenvalue weighted by molar-refractivity contribution is 5.83. The maximum Gasteiger partial charge on any atom is 0.191 e. The van der Waals surface area contributed by atoms with Crippen LogP contribution < -0.4 is 10.6 Å². The van der Waals surface area contributed by atoms with E-state index in [4.69, 9.17) is 4.99 Å². The molecule has 1 aromatic heterocycles. The number of fused-ring (bicyclic) bond motifs is 1. The lowest BCUT2D eigenvalue weighted by Crippen LogP contribution is -2.41. The van der Waals surface area contributed by atoms with Crippen molar-refractivity contribution in [3.8, 4) is 0 Å². The van der Waals surface area contributed by atoms with Crippen LogP contribution in [-0.4, -0.2) is 55.1 Å². The van der Waals surface area contributed by atoms with Crippen LogP contribution in [0.4, 0.5) is 0 Å². The van der Waals surface area contributed by atoms with Gasteiger partial charge >= 0.3 is 0 Å². The number of H-pyrrole nitrogens is 1. The molecular weight excluding hydrogens is 346 g/mol. The smallest absolute Gasteiger partial charge is 0.191 e. The van der Waals surface area contributed by atoms with Gasteiger partial charge in [0.15, 0.2) is 5.96 Å². The molecule has 1 aliphatic rings. The Morgan fingerprint density at radius 2 is 2.14 bits per heavy atom. The maximum atomic E-state index is 4.89. The van der Waals surface area contributed by atoms with Gasteiger partial charge in [0.25, 0.3) is 0 Å². The Labute approximate surface area is 170 Å². The highest BCUT2D eigenvalue weighted by atomic mass is 15.2. The van der Waals surface area contributed by atoms with Gasteiger partial charge in [0.05, 0.1) is 0 Å². The number of hydrogen-bond donors (Lipinski definition) is 3. The summed E-state index contributed by atoms with van der Waals surface area (Å²) in [5.74, 6) is 2.37. The topological polar surface area (TPSA) is 55.5 Å². The number of piperidine rings is 1. The van der Waals surface area contributed by atoms with Crippen LogP contribution in [0.1, 0.15) is 39.2 Å². The molecule has 0 spiro atoms. The van der Waals surface area contributed by atoms with Crippen molar-refractivity contribution in [3.05, 3.63) is 36.0 Å². The Morgan fingerprint density at radius 1 is 1.29 bits per heavy atom. The highest BCUT2D eigenvalue weighted by Crippen LogP contribution is 2.18. The van der Waals surface area contributed by atoms with Crippen molar-refractivity contribution in [2.75, 3.05) is 39.3 Å². The predicted octanol–water partition coefficient (Wildman–Crippen LogP) is 3.63. The number of guanidine groups is 1. The van der Waals surface area contributed by atoms with Gasteiger partial charge in [0.1, 0.15) is 0 Å². The molecule has 3 rings (SSSR count). The number of benzene rings is 1. The van der Waals surface area contributed by atoms with Crippen molar-refractivity contribution in [2.45, 2.75) is 40.0 Å². The number of likely N-dealkylation sites (tertiary alicyclic amines) is 1. The maximum absolute atomic E-state index is 4.89. The van der Waals surface area contributed by atoms with E-state index in [0.717, 1.165) is 37.9 Å². The third-order valence-electron chi connectivity index (χ3n) is 5.44. The van der Waals surface area contributed by atoms with Crippen LogP contribution in [-0.2, 0) is 6.42 Å². The van der Waals surface area contributed by atoms with E-state index in [1.54, 1.807) is 0 Å². The van der Waals surface area contributed by atoms with Crippen molar-refractivity contribution in [3.63, 3.8) is 0 Å². The summed E-state index contributed by atoms with van der Waals surface area (Å²) in [6, 6.07) is 8.49. The largest absolute Gasteiger partial charge is 0.361 e. The number of nitrogens with one attached hydrogen (secondary N) is 3. The fourth-order valence-corrected chi connectivity index (χ4v) is 4.20. The van der Waals surface area contributed by atoms with Gasteiger partial charge < -0.3 is 20.5 Å². The second-order valence-electron chi connectivity index (χ2n) is 8.42. The van der Waals surface area contributed by atoms with Gasteiger partial charge in [-0.15, -0.1) is 0 Å². The van der Waals surface area contributed by atoms with Gasteiger partial charge in [-0.2, -0.15) is 0 Å². The first-order valence-electron chi connectivity index (χ1n) is 10.9. The SMILES string of the molecule is CCNC(=NCC1CCCN(CC(C)C)C1)NCCc1c[nH]c2ccccc12. The van der Waals surface area contributed by atoms with Crippen molar-refractivity contribution >= 4 is 16.9 Å². The lowest BCUT2D eigenvalue weighted by molar-refractivity contribution is 0.162. The molecule has 1 aliphatic heterocycles. The van der Waals surface area contributed by atoms with Crippen molar-refractivity contribution in [1.29, 1.82) is 0 Å². The zero-order valence-corrected chi connectivity index (χ0v) is 17.8. The van der Waals surface area contributed by atoms with E-state index in [0.29, 0.717) is 5.92 Å². The summed E-state index contributed by atoms with van der Waals surface area (Å²) >= 11 is 0. The number of rotatable bonds is 8. The molecule has 2 aromatic rings. The van der Waals surface area contributed by atoms with Crippen LogP contribution in [0, 0.1) is 11.8 Å². The number of nitrogens with zero attached hydrogens (tertiary/aromatic N) is 2. The first kappa shape index (κ1) is 20.7. The zero-order valence-electron chi connectivity index (χ0n) is 17.8. The minimum absolute atomic E-state index is 0.677. The Balaban J connectivity index is 1.50. The number of aromatic amines is 1. The average Bonchev–Trinajstić information content (AvgIpc) is 3.09. The molecular formula is C23H37N5. The monoisotopic (exact) mass is 383 g/mol. The second kappa shape index (κ2) is 10.5. The molecule has 154 valence electrons. The van der Waals surface area contributed by atoms with E-state index < -0.39 is 0 Å². The second-order valence-corrected chi connectivity index (χ2v) is 8.42. The van der Waals surface area contributed by atoms with Crippen LogP contribution in [0.3, 0.4) is 0 Å². The molecule has 0 saturated carbocycles. The van der Waals surface area contributed by atoms with Crippen molar-refractivity contribution in [1.82, 2.24) is 20.5 Å². The summed E-state index contributed by atoms with van der Waals surface area (Å²) < 4.78 is 0. The molecule has 1 aromatic carbocycles. The molecule has 1 saturated heterocycles. The quantitative estimate of drug-likeness (QED) is 0.482. The summed E-state index contributed by atoms with van der Waals surface area (Å²) in [5, 5.41) is 8.24. The van der Waals surface area contributed by atoms with Crippen LogP contribution in [0.15, 0.2) is 35.5 Å². The van der Waals surface area contributed by atoms with Crippen LogP contribution in [0.5, 0.6) is 0 Å². The van der Waals surface area contributed by atoms with E-state index in [1.165, 1.54) is 48.9 Å². The first-order valence-corrected chi connectivity index (χ1v) is 10.9. The molecule has 1 atom stereocenters. The standard InChI is InChI=1S/C23H37N5/c1-4-24-23(27-14-19-8-7-13-28(17-19)16-18(2)3)25-12-11-20-15-26-22-10-6-5-9-21(20)22/h5-6,9-10,15,18-19,26H,4,7-8,11-14,16-17H2,1-3H3,(H2,24,25,27). The molecule has 1 fully saturated rings. The molecule has 0 radical (unpaired) electrons. The predicted molar refractivity (Wildman–Crippen MR) is 120 cm³/mol. The van der Waals surface area contributed by atoms with Gasteiger partial charge in [-0.1, -0.05) is 32.0 Å². The van der Waals surface area contributed by atoms with Crippen LogP contribution in [0.2, 0.25) is 0 Å². The summed E-state index contributed by atoms with van der Waals surface area (Å²) in [7, 11) is 0. The Kier molecular flexibility index (Phi) is 7.78. The van der Waals surface area contributed by atoms with Crippen LogP contribution in [0.25, 0.3) is 10.9 Å². The molecule has 5 nitrogen and oxygen atoms in total. The lowest BCUT2D eigenvalue weighted by atomic mass is 9.97. The normalized spacial score (nSPS) is 18.7. The van der Waals surface area contributed by atoms with Gasteiger partial charge in [-0.25, -0.2) is 0 Å². The van der Waals surface area contributed by atoms with E-state index in [1.807, 2.05) is 0 Å². The minimum atomic E-state index is 0.677. The number of hydrogen-bond acceptors (Lipinski definition) is 2. The van der Waals surface area contributed by atoms with Crippen molar-refractivity contribution < 1.29 is 0 Å². The zero-order chi connectivity index (χ0) is 19.8. The first-order chi connectivity index (χ1) is 13.7. The Hall–Kier alpha value is -2.01. The Bertz CT molecular complexity index is 748. The van der Waals surface area contributed by atoms with E-state index in [-0.39, 0.29) is 0 Å². The molecule has 28 heavy (non-hydrogen) atoms. The average molecular weight is 384 g/mol. The Morgan fingerprint density at radius 3 is 2.96 bits per heavy atom. The van der Waals surface area contributed by atoms with Crippen LogP contribution >= 0.6 is 0 Å². The highest BCUT2D eigenvalue weighted by Gasteiger charge is 2.20. The molecule has 0 bridgehead atoms. The molecule has 0 aliphatic carbocycles. The number of aromatic nitrogens is 1. The lowest BCUT2D eigenvalue weighted by Gasteiger charge is -2.33. The van der Waals surface area contributed by atoms with Gasteiger partial charge in [0, 0.05) is 49.8 Å². The summed E-state index contributed by atoms with van der Waals surface area (Å²) in [4.78, 5) is 10.9. The molecule has 5 heteroatoms. The molecule has 1 unspecified atom stereocenters. The van der Waals surface area contributed by atoms with Gasteiger partial charge in [-0.05, 0) is 56.2 Å². The number of para-hydroxylation sites is 1. The summed E-state index contributed by atoms with van der Waals surface area (Å²) in [6.45, 7) is 13.1. The van der Waals surface area contributed by atoms with Crippen molar-refractivity contribution in [2.24, 2.45) is 16.8 Å². The molecule has 0 amide bonds. The molecule has 3 N–H and O–H groups in total. The third kappa shape index (κ3) is 5.99. The fraction of sp³-hybridized carbons (Fsp3) is 0.609.